The Morgan fingerprint density at radius 3 is 2.59 bits per heavy atom. The van der Waals surface area contributed by atoms with E-state index in [0.29, 0.717) is 0 Å². The molecule has 7 nitrogen and oxygen atoms in total. The number of alkyl carbamates (subject to hydrolysis) is 1. The maximum Gasteiger partial charge on any atom is 0.408 e. The molecular formula is C10H16N4O3. The average molecular weight is 240 g/mol. The van der Waals surface area contributed by atoms with Crippen LogP contribution in [-0.4, -0.2) is 38.8 Å². The van der Waals surface area contributed by atoms with Crippen molar-refractivity contribution in [1.82, 2.24) is 20.1 Å². The van der Waals surface area contributed by atoms with Crippen LogP contribution in [0.15, 0.2) is 6.33 Å². The molecule has 94 valence electrons. The van der Waals surface area contributed by atoms with Crippen LogP contribution in [0, 0.1) is 0 Å². The second-order valence-electron chi connectivity index (χ2n) is 4.52. The summed E-state index contributed by atoms with van der Waals surface area (Å²) in [5.74, 6) is -0.292. The van der Waals surface area contributed by atoms with Crippen LogP contribution in [0.25, 0.3) is 0 Å². The third kappa shape index (κ3) is 4.62. The topological polar surface area (TPSA) is 86.1 Å². The lowest BCUT2D eigenvalue weighted by Gasteiger charge is -2.19. The first-order valence-corrected chi connectivity index (χ1v) is 5.13. The number of nitrogens with zero attached hydrogens (tertiary/aromatic N) is 3. The van der Waals surface area contributed by atoms with Crippen LogP contribution in [-0.2, 0) is 11.8 Å². The van der Waals surface area contributed by atoms with Crippen molar-refractivity contribution in [1.29, 1.82) is 0 Å². The summed E-state index contributed by atoms with van der Waals surface area (Å²) in [4.78, 5) is 26.6. The van der Waals surface area contributed by atoms with Crippen LogP contribution < -0.4 is 5.32 Å². The van der Waals surface area contributed by atoms with Crippen molar-refractivity contribution in [3.05, 3.63) is 12.2 Å². The summed E-state index contributed by atoms with van der Waals surface area (Å²) in [5.41, 5.74) is -0.587. The first-order valence-electron chi connectivity index (χ1n) is 5.13. The Hall–Kier alpha value is -1.92. The largest absolute Gasteiger partial charge is 0.444 e. The van der Waals surface area contributed by atoms with Gasteiger partial charge in [-0.05, 0) is 20.8 Å². The molecule has 1 heterocycles. The van der Waals surface area contributed by atoms with Crippen LogP contribution in [0.4, 0.5) is 4.79 Å². The lowest BCUT2D eigenvalue weighted by molar-refractivity contribution is 0.0520. The van der Waals surface area contributed by atoms with Crippen molar-refractivity contribution in [3.8, 4) is 0 Å². The molecule has 1 amide bonds. The number of nitrogens with one attached hydrogen (secondary N) is 1. The lowest BCUT2D eigenvalue weighted by atomic mass is 10.2. The number of hydrogen-bond donors (Lipinski definition) is 1. The number of carbonyl (C=O) groups excluding carboxylic acids is 2. The van der Waals surface area contributed by atoms with E-state index < -0.39 is 11.7 Å². The number of hydrogen-bond acceptors (Lipinski definition) is 5. The van der Waals surface area contributed by atoms with Crippen molar-refractivity contribution in [2.75, 3.05) is 6.54 Å². The Balaban J connectivity index is 2.41. The SMILES string of the molecule is Cn1cnc(C(=O)CNC(=O)OC(C)(C)C)n1. The van der Waals surface area contributed by atoms with Gasteiger partial charge in [-0.15, -0.1) is 5.10 Å². The van der Waals surface area contributed by atoms with E-state index in [1.165, 1.54) is 11.0 Å². The third-order valence-corrected chi connectivity index (χ3v) is 1.64. The summed E-state index contributed by atoms with van der Waals surface area (Å²) < 4.78 is 6.40. The van der Waals surface area contributed by atoms with Gasteiger partial charge in [0.2, 0.25) is 11.6 Å². The van der Waals surface area contributed by atoms with Crippen molar-refractivity contribution in [2.45, 2.75) is 26.4 Å². The Kier molecular flexibility index (Phi) is 3.82. The summed E-state index contributed by atoms with van der Waals surface area (Å²) in [6.07, 6.45) is 0.780. The molecule has 1 rings (SSSR count). The molecule has 0 radical (unpaired) electrons. The van der Waals surface area contributed by atoms with Gasteiger partial charge in [-0.1, -0.05) is 0 Å². The zero-order valence-electron chi connectivity index (χ0n) is 10.4. The molecule has 0 spiro atoms. The number of rotatable bonds is 3. The predicted octanol–water partition coefficient (Wildman–Crippen LogP) is 0.522. The highest BCUT2D eigenvalue weighted by atomic mass is 16.6. The fourth-order valence-electron chi connectivity index (χ4n) is 1.01. The minimum absolute atomic E-state index is 0.0727. The van der Waals surface area contributed by atoms with E-state index in [2.05, 4.69) is 15.4 Å². The van der Waals surface area contributed by atoms with Crippen molar-refractivity contribution >= 4 is 11.9 Å². The molecule has 0 fully saturated rings. The normalized spacial score (nSPS) is 11.1. The van der Waals surface area contributed by atoms with E-state index in [4.69, 9.17) is 4.74 Å². The van der Waals surface area contributed by atoms with E-state index >= 15 is 0 Å². The third-order valence-electron chi connectivity index (χ3n) is 1.64. The van der Waals surface area contributed by atoms with E-state index in [9.17, 15) is 9.59 Å². The smallest absolute Gasteiger partial charge is 0.408 e. The van der Waals surface area contributed by atoms with Gasteiger partial charge in [-0.3, -0.25) is 9.48 Å². The molecule has 17 heavy (non-hydrogen) atoms. The first-order chi connectivity index (χ1) is 7.78. The Labute approximate surface area is 99.2 Å². The second kappa shape index (κ2) is 4.94. The minimum Gasteiger partial charge on any atom is -0.444 e. The maximum atomic E-state index is 11.5. The number of amides is 1. The van der Waals surface area contributed by atoms with Crippen LogP contribution in [0.1, 0.15) is 31.4 Å². The molecule has 0 saturated carbocycles. The molecule has 0 aliphatic carbocycles. The van der Waals surface area contributed by atoms with Gasteiger partial charge in [0.25, 0.3) is 0 Å². The summed E-state index contributed by atoms with van der Waals surface area (Å²) in [6.45, 7) is 5.05. The van der Waals surface area contributed by atoms with Gasteiger partial charge in [-0.25, -0.2) is 9.78 Å². The molecule has 0 aromatic carbocycles. The number of aromatic nitrogens is 3. The molecule has 0 atom stereocenters. The van der Waals surface area contributed by atoms with Crippen molar-refractivity contribution < 1.29 is 14.3 Å². The van der Waals surface area contributed by atoms with Gasteiger partial charge in [0, 0.05) is 7.05 Å². The molecule has 1 aromatic rings. The maximum absolute atomic E-state index is 11.5. The minimum atomic E-state index is -0.637. The van der Waals surface area contributed by atoms with Crippen LogP contribution in [0.3, 0.4) is 0 Å². The zero-order chi connectivity index (χ0) is 13.1. The molecule has 0 aliphatic heterocycles. The van der Waals surface area contributed by atoms with Crippen LogP contribution in [0.2, 0.25) is 0 Å². The number of Topliss-reactive ketones (excluding diaryl/α,β-unsaturated/α-hetero) is 1. The van der Waals surface area contributed by atoms with Gasteiger partial charge in [0.05, 0.1) is 6.54 Å². The summed E-state index contributed by atoms with van der Waals surface area (Å²) in [5, 5.41) is 6.17. The number of carbonyl (C=O) groups is 2. The van der Waals surface area contributed by atoms with Crippen LogP contribution >= 0.6 is 0 Å². The highest BCUT2D eigenvalue weighted by Gasteiger charge is 2.18. The Bertz CT molecular complexity index is 419. The number of aryl methyl sites for hydroxylation is 1. The molecular weight excluding hydrogens is 224 g/mol. The Morgan fingerprint density at radius 2 is 2.12 bits per heavy atom. The lowest BCUT2D eigenvalue weighted by Crippen LogP contribution is -2.35. The average Bonchev–Trinajstić information content (AvgIpc) is 2.58. The Morgan fingerprint density at radius 1 is 1.47 bits per heavy atom. The quantitative estimate of drug-likeness (QED) is 0.778. The fourth-order valence-corrected chi connectivity index (χ4v) is 1.01. The summed E-state index contributed by atoms with van der Waals surface area (Å²) in [7, 11) is 1.66. The van der Waals surface area contributed by atoms with E-state index in [1.54, 1.807) is 27.8 Å². The molecule has 1 N–H and O–H groups in total. The second-order valence-corrected chi connectivity index (χ2v) is 4.52. The van der Waals surface area contributed by atoms with Gasteiger partial charge in [0.1, 0.15) is 11.9 Å². The highest BCUT2D eigenvalue weighted by molar-refractivity contribution is 5.95. The van der Waals surface area contributed by atoms with Gasteiger partial charge in [0.15, 0.2) is 0 Å². The van der Waals surface area contributed by atoms with Gasteiger partial charge >= 0.3 is 6.09 Å². The monoisotopic (exact) mass is 240 g/mol. The molecule has 7 heteroatoms. The number of ether oxygens (including phenoxy) is 1. The predicted molar refractivity (Wildman–Crippen MR) is 59.6 cm³/mol. The van der Waals surface area contributed by atoms with E-state index in [0.717, 1.165) is 0 Å². The van der Waals surface area contributed by atoms with Crippen molar-refractivity contribution in [3.63, 3.8) is 0 Å². The van der Waals surface area contributed by atoms with E-state index in [-0.39, 0.29) is 18.2 Å². The fraction of sp³-hybridized carbons (Fsp3) is 0.600. The van der Waals surface area contributed by atoms with Crippen LogP contribution in [0.5, 0.6) is 0 Å². The summed E-state index contributed by atoms with van der Waals surface area (Å²) >= 11 is 0. The van der Waals surface area contributed by atoms with Crippen molar-refractivity contribution in [2.24, 2.45) is 7.05 Å². The summed E-state index contributed by atoms with van der Waals surface area (Å²) in [6, 6.07) is 0. The van der Waals surface area contributed by atoms with Gasteiger partial charge < -0.3 is 10.1 Å². The molecule has 0 bridgehead atoms. The first kappa shape index (κ1) is 13.1. The van der Waals surface area contributed by atoms with Gasteiger partial charge in [-0.2, -0.15) is 0 Å². The molecule has 0 saturated heterocycles. The standard InChI is InChI=1S/C10H16N4O3/c1-10(2,3)17-9(16)11-5-7(15)8-12-6-14(4)13-8/h6H,5H2,1-4H3,(H,11,16). The number of ketones is 1. The molecule has 1 aromatic heterocycles. The molecule has 0 aliphatic rings. The highest BCUT2D eigenvalue weighted by Crippen LogP contribution is 2.06. The zero-order valence-corrected chi connectivity index (χ0v) is 10.4. The molecule has 0 unspecified atom stereocenters. The van der Waals surface area contributed by atoms with E-state index in [1.807, 2.05) is 0 Å².